The molecule has 0 unspecified atom stereocenters. The Morgan fingerprint density at radius 1 is 1.10 bits per heavy atom. The van der Waals surface area contributed by atoms with Gasteiger partial charge in [-0.15, -0.1) is 24.0 Å². The highest BCUT2D eigenvalue weighted by atomic mass is 127. The zero-order valence-electron chi connectivity index (χ0n) is 18.4. The minimum Gasteiger partial charge on any atom is -0.493 e. The molecule has 0 radical (unpaired) electrons. The van der Waals surface area contributed by atoms with E-state index in [0.29, 0.717) is 0 Å². The molecule has 1 aliphatic rings. The van der Waals surface area contributed by atoms with E-state index in [-0.39, 0.29) is 24.0 Å². The summed E-state index contributed by atoms with van der Waals surface area (Å²) < 4.78 is 15.9. The lowest BCUT2D eigenvalue weighted by Gasteiger charge is -2.25. The van der Waals surface area contributed by atoms with Crippen molar-refractivity contribution in [3.8, 4) is 11.5 Å². The van der Waals surface area contributed by atoms with Gasteiger partial charge in [0.15, 0.2) is 17.5 Å². The van der Waals surface area contributed by atoms with Gasteiger partial charge in [0, 0.05) is 53.4 Å². The van der Waals surface area contributed by atoms with Gasteiger partial charge in [-0.2, -0.15) is 0 Å². The van der Waals surface area contributed by atoms with Gasteiger partial charge in [0.1, 0.15) is 0 Å². The van der Waals surface area contributed by atoms with E-state index in [0.717, 1.165) is 62.7 Å². The van der Waals surface area contributed by atoms with Crippen LogP contribution in [-0.4, -0.2) is 90.0 Å². The molecule has 0 spiro atoms. The molecule has 1 fully saturated rings. The Hall–Kier alpha value is -1.26. The maximum atomic E-state index is 5.39. The number of methoxy groups -OCH3 is 3. The van der Waals surface area contributed by atoms with Crippen molar-refractivity contribution in [1.29, 1.82) is 0 Å². The predicted molar refractivity (Wildman–Crippen MR) is 129 cm³/mol. The van der Waals surface area contributed by atoms with Crippen molar-refractivity contribution in [2.24, 2.45) is 4.99 Å². The number of nitrogens with zero attached hydrogens (tertiary/aromatic N) is 3. The minimum atomic E-state index is 0. The molecule has 8 heteroatoms. The summed E-state index contributed by atoms with van der Waals surface area (Å²) in [6.07, 6.45) is 3.52. The van der Waals surface area contributed by atoms with Gasteiger partial charge in [-0.3, -0.25) is 9.89 Å². The summed E-state index contributed by atoms with van der Waals surface area (Å²) >= 11 is 0. The Bertz CT molecular complexity index is 626. The molecular weight excluding hydrogens is 483 g/mol. The summed E-state index contributed by atoms with van der Waals surface area (Å²) in [5.74, 6) is 2.44. The standard InChI is InChI=1S/C21H36N4O3.HI/c1-22-21(23-11-13-25(14-15-26-3)18-7-8-18)24(2)12-10-17-6-9-19(27-4)20(16-17)28-5;/h6,9,16,18H,7-8,10-15H2,1-5H3,(H,22,23);1H. The summed E-state index contributed by atoms with van der Waals surface area (Å²) in [6, 6.07) is 6.80. The Morgan fingerprint density at radius 3 is 2.41 bits per heavy atom. The van der Waals surface area contributed by atoms with Gasteiger partial charge >= 0.3 is 0 Å². The van der Waals surface area contributed by atoms with Crippen molar-refractivity contribution in [2.45, 2.75) is 25.3 Å². The summed E-state index contributed by atoms with van der Waals surface area (Å²) in [7, 11) is 8.98. The molecule has 1 aromatic rings. The third kappa shape index (κ3) is 8.55. The van der Waals surface area contributed by atoms with Crippen LogP contribution in [0.15, 0.2) is 23.2 Å². The fourth-order valence-corrected chi connectivity index (χ4v) is 3.26. The van der Waals surface area contributed by atoms with Crippen molar-refractivity contribution < 1.29 is 14.2 Å². The number of benzene rings is 1. The van der Waals surface area contributed by atoms with Crippen molar-refractivity contribution in [2.75, 3.05) is 68.2 Å². The Balaban J connectivity index is 0.00000420. The number of guanidine groups is 1. The van der Waals surface area contributed by atoms with Crippen LogP contribution in [0.25, 0.3) is 0 Å². The molecule has 1 saturated carbocycles. The lowest BCUT2D eigenvalue weighted by Crippen LogP contribution is -2.44. The van der Waals surface area contributed by atoms with E-state index >= 15 is 0 Å². The van der Waals surface area contributed by atoms with Crippen LogP contribution >= 0.6 is 24.0 Å². The molecule has 0 heterocycles. The van der Waals surface area contributed by atoms with Gasteiger partial charge in [-0.1, -0.05) is 6.07 Å². The molecule has 166 valence electrons. The van der Waals surface area contributed by atoms with Crippen LogP contribution in [0.2, 0.25) is 0 Å². The zero-order valence-corrected chi connectivity index (χ0v) is 20.8. The first kappa shape index (κ1) is 25.8. The van der Waals surface area contributed by atoms with Crippen molar-refractivity contribution >= 4 is 29.9 Å². The Kier molecular flexibility index (Phi) is 12.3. The van der Waals surface area contributed by atoms with Crippen molar-refractivity contribution in [3.63, 3.8) is 0 Å². The van der Waals surface area contributed by atoms with Gasteiger partial charge < -0.3 is 24.4 Å². The van der Waals surface area contributed by atoms with Gasteiger partial charge in [-0.05, 0) is 37.0 Å². The highest BCUT2D eigenvalue weighted by Crippen LogP contribution is 2.28. The van der Waals surface area contributed by atoms with E-state index < -0.39 is 0 Å². The molecule has 0 aromatic heterocycles. The van der Waals surface area contributed by atoms with Crippen LogP contribution in [-0.2, 0) is 11.2 Å². The van der Waals surface area contributed by atoms with Gasteiger partial charge in [0.25, 0.3) is 0 Å². The van der Waals surface area contributed by atoms with Crippen molar-refractivity contribution in [3.05, 3.63) is 23.8 Å². The number of ether oxygens (including phenoxy) is 3. The van der Waals surface area contributed by atoms with E-state index in [2.05, 4.69) is 33.2 Å². The molecule has 29 heavy (non-hydrogen) atoms. The van der Waals surface area contributed by atoms with E-state index in [9.17, 15) is 0 Å². The molecular formula is C21H37IN4O3. The average Bonchev–Trinajstić information content (AvgIpc) is 3.56. The van der Waals surface area contributed by atoms with Gasteiger partial charge in [0.2, 0.25) is 0 Å². The third-order valence-electron chi connectivity index (χ3n) is 5.09. The zero-order chi connectivity index (χ0) is 20.4. The van der Waals surface area contributed by atoms with E-state index in [1.807, 2.05) is 19.2 Å². The summed E-state index contributed by atoms with van der Waals surface area (Å²) in [5, 5.41) is 3.48. The second-order valence-corrected chi connectivity index (χ2v) is 7.09. The number of hydrogen-bond donors (Lipinski definition) is 1. The van der Waals surface area contributed by atoms with Crippen LogP contribution in [0.3, 0.4) is 0 Å². The molecule has 1 aliphatic carbocycles. The normalized spacial score (nSPS) is 13.8. The number of hydrogen-bond acceptors (Lipinski definition) is 5. The predicted octanol–water partition coefficient (Wildman–Crippen LogP) is 2.48. The minimum absolute atomic E-state index is 0. The fourth-order valence-electron chi connectivity index (χ4n) is 3.26. The average molecular weight is 520 g/mol. The first-order chi connectivity index (χ1) is 13.6. The first-order valence-corrected chi connectivity index (χ1v) is 9.98. The van der Waals surface area contributed by atoms with Crippen LogP contribution in [0.5, 0.6) is 11.5 Å². The van der Waals surface area contributed by atoms with Crippen molar-refractivity contribution in [1.82, 2.24) is 15.1 Å². The smallest absolute Gasteiger partial charge is 0.193 e. The van der Waals surface area contributed by atoms with Gasteiger partial charge in [-0.25, -0.2) is 0 Å². The SMILES string of the molecule is CN=C(NCCN(CCOC)C1CC1)N(C)CCc1ccc(OC)c(OC)c1.I. The molecule has 2 rings (SSSR count). The number of halogens is 1. The van der Waals surface area contributed by atoms with Crippen LogP contribution in [0.1, 0.15) is 18.4 Å². The molecule has 1 aromatic carbocycles. The lowest BCUT2D eigenvalue weighted by atomic mass is 10.1. The first-order valence-electron chi connectivity index (χ1n) is 9.98. The molecule has 0 saturated heterocycles. The van der Waals surface area contributed by atoms with Crippen LogP contribution in [0, 0.1) is 0 Å². The number of aliphatic imine (C=N–C) groups is 1. The number of nitrogens with one attached hydrogen (secondary N) is 1. The maximum Gasteiger partial charge on any atom is 0.193 e. The Labute approximate surface area is 192 Å². The molecule has 0 bridgehead atoms. The lowest BCUT2D eigenvalue weighted by molar-refractivity contribution is 0.144. The largest absolute Gasteiger partial charge is 0.493 e. The summed E-state index contributed by atoms with van der Waals surface area (Å²) in [4.78, 5) is 9.09. The maximum absolute atomic E-state index is 5.39. The van der Waals surface area contributed by atoms with E-state index in [4.69, 9.17) is 14.2 Å². The molecule has 1 N–H and O–H groups in total. The van der Waals surface area contributed by atoms with E-state index in [1.165, 1.54) is 18.4 Å². The third-order valence-corrected chi connectivity index (χ3v) is 5.09. The summed E-state index contributed by atoms with van der Waals surface area (Å²) in [5.41, 5.74) is 1.21. The quantitative estimate of drug-likeness (QED) is 0.260. The number of likely N-dealkylation sites (N-methyl/N-ethyl adjacent to an activating group) is 1. The molecule has 0 amide bonds. The molecule has 0 aliphatic heterocycles. The monoisotopic (exact) mass is 520 g/mol. The highest BCUT2D eigenvalue weighted by molar-refractivity contribution is 14.0. The van der Waals surface area contributed by atoms with Gasteiger partial charge in [0.05, 0.1) is 20.8 Å². The highest BCUT2D eigenvalue weighted by Gasteiger charge is 2.28. The second kappa shape index (κ2) is 13.9. The van der Waals surface area contributed by atoms with Crippen LogP contribution in [0.4, 0.5) is 0 Å². The Morgan fingerprint density at radius 2 is 1.83 bits per heavy atom. The molecule has 0 atom stereocenters. The fraction of sp³-hybridized carbons (Fsp3) is 0.667. The topological polar surface area (TPSA) is 58.6 Å². The molecule has 7 nitrogen and oxygen atoms in total. The van der Waals surface area contributed by atoms with E-state index in [1.54, 1.807) is 21.3 Å². The van der Waals surface area contributed by atoms with Crippen LogP contribution < -0.4 is 14.8 Å². The second-order valence-electron chi connectivity index (χ2n) is 7.09. The summed E-state index contributed by atoms with van der Waals surface area (Å²) in [6.45, 7) is 4.54. The number of rotatable bonds is 12.